The van der Waals surface area contributed by atoms with Crippen molar-refractivity contribution in [1.29, 1.82) is 0 Å². The predicted molar refractivity (Wildman–Crippen MR) is 121 cm³/mol. The van der Waals surface area contributed by atoms with Crippen LogP contribution in [0.2, 0.25) is 0 Å². The van der Waals surface area contributed by atoms with Crippen LogP contribution in [0.15, 0.2) is 30.3 Å². The van der Waals surface area contributed by atoms with E-state index in [0.717, 1.165) is 17.4 Å². The molecule has 3 rings (SSSR count). The Kier molecular flexibility index (Phi) is 6.79. The standard InChI is InChI=1S/C23H30N2O5S/c1-15-11-17(3)20(12-16(15)2)18(4)24-23(26)7-6-10-25(31(5,27)28)19-8-9-21-22(13-19)30-14-29-21/h8-9,11-13,18H,6-7,10,14H2,1-5H3,(H,24,26). The number of hydrogen-bond acceptors (Lipinski definition) is 5. The fourth-order valence-corrected chi connectivity index (χ4v) is 4.71. The van der Waals surface area contributed by atoms with Crippen LogP contribution in [-0.2, 0) is 14.8 Å². The first kappa shape index (κ1) is 22.9. The van der Waals surface area contributed by atoms with E-state index in [1.807, 2.05) is 13.8 Å². The molecule has 1 atom stereocenters. The molecule has 0 aliphatic carbocycles. The van der Waals surface area contributed by atoms with Crippen molar-refractivity contribution in [2.24, 2.45) is 0 Å². The lowest BCUT2D eigenvalue weighted by atomic mass is 9.96. The summed E-state index contributed by atoms with van der Waals surface area (Å²) in [6, 6.07) is 9.14. The van der Waals surface area contributed by atoms with Crippen molar-refractivity contribution >= 4 is 21.6 Å². The molecule has 0 saturated heterocycles. The van der Waals surface area contributed by atoms with Crippen LogP contribution >= 0.6 is 0 Å². The molecule has 7 nitrogen and oxygen atoms in total. The number of aryl methyl sites for hydroxylation is 3. The Hall–Kier alpha value is -2.74. The highest BCUT2D eigenvalue weighted by atomic mass is 32.2. The lowest BCUT2D eigenvalue weighted by Gasteiger charge is -2.23. The van der Waals surface area contributed by atoms with Gasteiger partial charge in [-0.3, -0.25) is 9.10 Å². The van der Waals surface area contributed by atoms with Crippen LogP contribution in [-0.4, -0.2) is 33.9 Å². The summed E-state index contributed by atoms with van der Waals surface area (Å²) in [5.41, 5.74) is 5.14. The Morgan fingerprint density at radius 1 is 1.06 bits per heavy atom. The van der Waals surface area contributed by atoms with Crippen molar-refractivity contribution in [2.45, 2.75) is 46.6 Å². The van der Waals surface area contributed by atoms with Crippen molar-refractivity contribution in [3.63, 3.8) is 0 Å². The number of rotatable bonds is 8. The second-order valence-corrected chi connectivity index (χ2v) is 9.97. The normalized spacial score (nSPS) is 13.7. The number of carbonyl (C=O) groups is 1. The zero-order valence-corrected chi connectivity index (χ0v) is 19.5. The van der Waals surface area contributed by atoms with Gasteiger partial charge in [-0.1, -0.05) is 12.1 Å². The fourth-order valence-electron chi connectivity index (χ4n) is 3.75. The average molecular weight is 447 g/mol. The van der Waals surface area contributed by atoms with Crippen molar-refractivity contribution in [3.05, 3.63) is 52.6 Å². The number of nitrogens with one attached hydrogen (secondary N) is 1. The number of anilines is 1. The Bertz CT molecular complexity index is 1080. The van der Waals surface area contributed by atoms with Gasteiger partial charge in [0.05, 0.1) is 18.0 Å². The maximum Gasteiger partial charge on any atom is 0.232 e. The minimum absolute atomic E-state index is 0.107. The van der Waals surface area contributed by atoms with E-state index in [-0.39, 0.29) is 31.7 Å². The topological polar surface area (TPSA) is 84.9 Å². The van der Waals surface area contributed by atoms with Crippen molar-refractivity contribution in [2.75, 3.05) is 23.9 Å². The van der Waals surface area contributed by atoms with Crippen LogP contribution in [0.25, 0.3) is 0 Å². The van der Waals surface area contributed by atoms with Gasteiger partial charge in [0.15, 0.2) is 11.5 Å². The number of fused-ring (bicyclic) bond motifs is 1. The SMILES string of the molecule is Cc1cc(C)c(C(C)NC(=O)CCCN(c2ccc3c(c2)OCO3)S(C)(=O)=O)cc1C. The van der Waals surface area contributed by atoms with E-state index >= 15 is 0 Å². The molecule has 1 unspecified atom stereocenters. The third-order valence-corrected chi connectivity index (χ3v) is 6.73. The molecule has 0 fully saturated rings. The molecule has 1 heterocycles. The van der Waals surface area contributed by atoms with Crippen LogP contribution in [0.5, 0.6) is 11.5 Å². The first-order valence-corrected chi connectivity index (χ1v) is 12.2. The predicted octanol–water partition coefficient (Wildman–Crippen LogP) is 3.76. The number of benzene rings is 2. The highest BCUT2D eigenvalue weighted by molar-refractivity contribution is 7.92. The summed E-state index contributed by atoms with van der Waals surface area (Å²) in [5, 5.41) is 3.03. The molecule has 0 saturated carbocycles. The summed E-state index contributed by atoms with van der Waals surface area (Å²) in [6.45, 7) is 8.45. The summed E-state index contributed by atoms with van der Waals surface area (Å²) in [4.78, 5) is 12.5. The number of ether oxygens (including phenoxy) is 2. The van der Waals surface area contributed by atoms with Crippen LogP contribution in [0.1, 0.15) is 48.1 Å². The van der Waals surface area contributed by atoms with Gasteiger partial charge in [-0.05, 0) is 68.5 Å². The van der Waals surface area contributed by atoms with E-state index in [2.05, 4.69) is 31.3 Å². The zero-order valence-electron chi connectivity index (χ0n) is 18.7. The monoisotopic (exact) mass is 446 g/mol. The summed E-state index contributed by atoms with van der Waals surface area (Å²) in [6.07, 6.45) is 1.78. The minimum Gasteiger partial charge on any atom is -0.454 e. The highest BCUT2D eigenvalue weighted by Crippen LogP contribution is 2.36. The van der Waals surface area contributed by atoms with Crippen molar-refractivity contribution < 1.29 is 22.7 Å². The van der Waals surface area contributed by atoms with Gasteiger partial charge in [0.25, 0.3) is 0 Å². The van der Waals surface area contributed by atoms with E-state index in [9.17, 15) is 13.2 Å². The van der Waals surface area contributed by atoms with E-state index < -0.39 is 10.0 Å². The third kappa shape index (κ3) is 5.50. The Morgan fingerprint density at radius 2 is 1.74 bits per heavy atom. The molecule has 168 valence electrons. The van der Waals surface area contributed by atoms with Gasteiger partial charge >= 0.3 is 0 Å². The van der Waals surface area contributed by atoms with Crippen LogP contribution in [0.4, 0.5) is 5.69 Å². The maximum absolute atomic E-state index is 12.5. The van der Waals surface area contributed by atoms with E-state index in [1.54, 1.807) is 18.2 Å². The van der Waals surface area contributed by atoms with Gasteiger partial charge in [0.2, 0.25) is 22.7 Å². The molecular weight excluding hydrogens is 416 g/mol. The smallest absolute Gasteiger partial charge is 0.232 e. The molecule has 0 bridgehead atoms. The molecule has 1 aliphatic heterocycles. The lowest BCUT2D eigenvalue weighted by molar-refractivity contribution is -0.121. The lowest BCUT2D eigenvalue weighted by Crippen LogP contribution is -2.32. The molecule has 0 radical (unpaired) electrons. The fraction of sp³-hybridized carbons (Fsp3) is 0.435. The molecule has 0 spiro atoms. The molecule has 2 aromatic carbocycles. The van der Waals surface area contributed by atoms with Crippen LogP contribution in [0.3, 0.4) is 0 Å². The summed E-state index contributed by atoms with van der Waals surface area (Å²) in [5.74, 6) is 0.998. The van der Waals surface area contributed by atoms with Crippen LogP contribution in [0, 0.1) is 20.8 Å². The molecule has 2 aromatic rings. The molecule has 31 heavy (non-hydrogen) atoms. The second-order valence-electron chi connectivity index (χ2n) is 8.06. The van der Waals surface area contributed by atoms with Crippen molar-refractivity contribution in [1.82, 2.24) is 5.32 Å². The third-order valence-electron chi connectivity index (χ3n) is 5.54. The Labute approximate surface area is 184 Å². The van der Waals surface area contributed by atoms with Gasteiger partial charge in [0, 0.05) is 19.0 Å². The number of hydrogen-bond donors (Lipinski definition) is 1. The van der Waals surface area contributed by atoms with Gasteiger partial charge < -0.3 is 14.8 Å². The van der Waals surface area contributed by atoms with Gasteiger partial charge in [-0.2, -0.15) is 0 Å². The van der Waals surface area contributed by atoms with Crippen molar-refractivity contribution in [3.8, 4) is 11.5 Å². The van der Waals surface area contributed by atoms with Gasteiger partial charge in [-0.15, -0.1) is 0 Å². The van der Waals surface area contributed by atoms with E-state index in [1.165, 1.54) is 15.4 Å². The molecule has 1 amide bonds. The first-order chi connectivity index (χ1) is 14.6. The summed E-state index contributed by atoms with van der Waals surface area (Å²) in [7, 11) is -3.51. The van der Waals surface area contributed by atoms with Crippen LogP contribution < -0.4 is 19.1 Å². The maximum atomic E-state index is 12.5. The van der Waals surface area contributed by atoms with E-state index in [0.29, 0.717) is 23.6 Å². The highest BCUT2D eigenvalue weighted by Gasteiger charge is 2.22. The minimum atomic E-state index is -3.51. The largest absolute Gasteiger partial charge is 0.454 e. The molecule has 8 heteroatoms. The second kappa shape index (κ2) is 9.18. The first-order valence-electron chi connectivity index (χ1n) is 10.3. The number of amides is 1. The number of sulfonamides is 1. The van der Waals surface area contributed by atoms with Gasteiger partial charge in [0.1, 0.15) is 0 Å². The Balaban J connectivity index is 1.60. The summed E-state index contributed by atoms with van der Waals surface area (Å²) < 4.78 is 36.6. The molecule has 1 aliphatic rings. The van der Waals surface area contributed by atoms with Gasteiger partial charge in [-0.25, -0.2) is 8.42 Å². The number of carbonyl (C=O) groups excluding carboxylic acids is 1. The Morgan fingerprint density at radius 3 is 2.45 bits per heavy atom. The average Bonchev–Trinajstić information content (AvgIpc) is 3.14. The summed E-state index contributed by atoms with van der Waals surface area (Å²) >= 11 is 0. The molecule has 1 N–H and O–H groups in total. The molecule has 0 aromatic heterocycles. The quantitative estimate of drug-likeness (QED) is 0.667. The molecular formula is C23H30N2O5S. The number of nitrogens with zero attached hydrogens (tertiary/aromatic N) is 1. The zero-order chi connectivity index (χ0) is 22.8. The van der Waals surface area contributed by atoms with E-state index in [4.69, 9.17) is 9.47 Å².